The molecule has 0 heterocycles. The van der Waals surface area contributed by atoms with Gasteiger partial charge in [0.05, 0.1) is 26.2 Å². The van der Waals surface area contributed by atoms with Crippen LogP contribution < -0.4 is 5.11 Å². The van der Waals surface area contributed by atoms with Crippen LogP contribution in [0.15, 0.2) is 0 Å². The summed E-state index contributed by atoms with van der Waals surface area (Å²) in [5.41, 5.74) is 0. The van der Waals surface area contributed by atoms with Crippen LogP contribution in [0.25, 0.3) is 0 Å². The molecule has 0 N–H and O–H groups in total. The van der Waals surface area contributed by atoms with Crippen LogP contribution >= 0.6 is 0 Å². The van der Waals surface area contributed by atoms with Crippen molar-refractivity contribution in [2.45, 2.75) is 79.1 Å². The Morgan fingerprint density at radius 3 is 1.05 bits per heavy atom. The summed E-state index contributed by atoms with van der Waals surface area (Å²) in [5.74, 6) is 0. The van der Waals surface area contributed by atoms with Crippen molar-refractivity contribution in [3.8, 4) is 6.26 Å². The van der Waals surface area contributed by atoms with Crippen molar-refractivity contribution in [3.63, 3.8) is 0 Å². The van der Waals surface area contributed by atoms with Gasteiger partial charge in [0.2, 0.25) is 0 Å². The molecule has 0 aliphatic rings. The molecule has 0 amide bonds. The van der Waals surface area contributed by atoms with Gasteiger partial charge in [0, 0.05) is 6.26 Å². The minimum absolute atomic E-state index is 0.500. The van der Waals surface area contributed by atoms with Crippen LogP contribution in [0.2, 0.25) is 0 Å². The highest BCUT2D eigenvalue weighted by atomic mass is 16.2. The van der Waals surface area contributed by atoms with E-state index in [0.29, 0.717) is 6.26 Å². The first kappa shape index (κ1) is 21.5. The zero-order valence-electron chi connectivity index (χ0n) is 14.3. The molecule has 3 heteroatoms. The Bertz CT molecular complexity index is 186. The molecule has 3 nitrogen and oxygen atoms in total. The summed E-state index contributed by atoms with van der Waals surface area (Å²) in [6.45, 7) is 15.0. The molecule has 0 aromatic rings. The van der Waals surface area contributed by atoms with Gasteiger partial charge < -0.3 is 9.59 Å². The zero-order valence-corrected chi connectivity index (χ0v) is 14.3. The minimum Gasteiger partial charge on any atom is -0.812 e. The molecule has 0 aromatic carbocycles. The fraction of sp³-hybridized carbons (Fsp3) is 0.941. The molecular weight excluding hydrogens is 248 g/mol. The van der Waals surface area contributed by atoms with Crippen LogP contribution in [-0.2, 0) is 0 Å². The Labute approximate surface area is 127 Å². The Balaban J connectivity index is 0. The summed E-state index contributed by atoms with van der Waals surface area (Å²) in [6.07, 6.45) is 11.6. The number of nitriles is 1. The molecule has 0 unspecified atom stereocenters. The molecule has 0 rings (SSSR count). The maximum atomic E-state index is 8.24. The summed E-state index contributed by atoms with van der Waals surface area (Å²) in [6, 6.07) is 0. The fourth-order valence-corrected chi connectivity index (χ4v) is 2.64. The number of unbranched alkanes of at least 4 members (excludes halogenated alkanes) is 4. The monoisotopic (exact) mass is 284 g/mol. The number of nitrogens with zero attached hydrogens (tertiary/aromatic N) is 2. The van der Waals surface area contributed by atoms with Gasteiger partial charge in [-0.25, -0.2) is 5.26 Å². The third-order valence-corrected chi connectivity index (χ3v) is 3.94. The van der Waals surface area contributed by atoms with Gasteiger partial charge in [-0.2, -0.15) is 0 Å². The Kier molecular flexibility index (Phi) is 17.6. The van der Waals surface area contributed by atoms with E-state index in [0.717, 1.165) is 0 Å². The van der Waals surface area contributed by atoms with Gasteiger partial charge in [-0.05, 0) is 25.7 Å². The number of hydrogen-bond donors (Lipinski definition) is 0. The van der Waals surface area contributed by atoms with E-state index in [2.05, 4.69) is 27.7 Å². The third kappa shape index (κ3) is 12.3. The van der Waals surface area contributed by atoms with Gasteiger partial charge in [0.25, 0.3) is 0 Å². The first-order valence-corrected chi connectivity index (χ1v) is 8.52. The van der Waals surface area contributed by atoms with Crippen LogP contribution in [0.1, 0.15) is 79.1 Å². The third-order valence-electron chi connectivity index (χ3n) is 3.94. The smallest absolute Gasteiger partial charge is 0.0786 e. The van der Waals surface area contributed by atoms with E-state index in [1.807, 2.05) is 0 Å². The number of hydrogen-bond acceptors (Lipinski definition) is 2. The van der Waals surface area contributed by atoms with Gasteiger partial charge in [0.1, 0.15) is 0 Å². The largest absolute Gasteiger partial charge is 0.812 e. The van der Waals surface area contributed by atoms with Crippen molar-refractivity contribution in [2.75, 3.05) is 26.2 Å². The Morgan fingerprint density at radius 1 is 0.700 bits per heavy atom. The number of rotatable bonds is 12. The van der Waals surface area contributed by atoms with E-state index >= 15 is 0 Å². The normalized spacial score (nSPS) is 10.6. The molecule has 0 aromatic heterocycles. The van der Waals surface area contributed by atoms with Crippen molar-refractivity contribution < 1.29 is 9.59 Å². The molecule has 0 fully saturated rings. The Hall–Kier alpha value is -0.750. The second kappa shape index (κ2) is 16.3. The van der Waals surface area contributed by atoms with Gasteiger partial charge in [-0.15, -0.1) is 0 Å². The summed E-state index contributed by atoms with van der Waals surface area (Å²) < 4.78 is 1.42. The van der Waals surface area contributed by atoms with E-state index in [1.54, 1.807) is 0 Å². The zero-order chi connectivity index (χ0) is 15.7. The molecule has 0 bridgehead atoms. The fourth-order valence-electron chi connectivity index (χ4n) is 2.64. The molecule has 0 spiro atoms. The highest BCUT2D eigenvalue weighted by Crippen LogP contribution is 2.16. The molecule has 0 saturated carbocycles. The van der Waals surface area contributed by atoms with Crippen LogP contribution in [-0.4, -0.2) is 30.7 Å². The van der Waals surface area contributed by atoms with Crippen LogP contribution in [0.4, 0.5) is 0 Å². The summed E-state index contributed by atoms with van der Waals surface area (Å²) in [5, 5.41) is 15.0. The van der Waals surface area contributed by atoms with Crippen LogP contribution in [0.5, 0.6) is 0 Å². The molecule has 120 valence electrons. The Morgan fingerprint density at radius 2 is 0.900 bits per heavy atom. The standard InChI is InChI=1S/C16H36N.CHNO/c1-5-9-13-17(14-10-6-2,15-11-7-3)16-12-8-4;2-1-3/h5-16H2,1-4H3;3H/q+1;/p-1. The quantitative estimate of drug-likeness (QED) is 0.404. The van der Waals surface area contributed by atoms with Gasteiger partial charge in [-0.3, -0.25) is 0 Å². The van der Waals surface area contributed by atoms with Crippen molar-refractivity contribution in [2.24, 2.45) is 0 Å². The van der Waals surface area contributed by atoms with E-state index in [4.69, 9.17) is 10.4 Å². The topological polar surface area (TPSA) is 46.8 Å². The molecule has 0 radical (unpaired) electrons. The summed E-state index contributed by atoms with van der Waals surface area (Å²) in [4.78, 5) is 0. The minimum atomic E-state index is 0.500. The molecule has 0 atom stereocenters. The lowest BCUT2D eigenvalue weighted by molar-refractivity contribution is -0.929. The molecule has 0 saturated heterocycles. The van der Waals surface area contributed by atoms with Gasteiger partial charge >= 0.3 is 0 Å². The van der Waals surface area contributed by atoms with Crippen molar-refractivity contribution in [3.05, 3.63) is 0 Å². The average Bonchev–Trinajstić information content (AvgIpc) is 2.46. The highest BCUT2D eigenvalue weighted by molar-refractivity contribution is 4.49. The maximum absolute atomic E-state index is 8.24. The molecular formula is C17H36N2O. The molecule has 0 aliphatic carbocycles. The van der Waals surface area contributed by atoms with Crippen LogP contribution in [0, 0.1) is 11.5 Å². The molecule has 0 aliphatic heterocycles. The highest BCUT2D eigenvalue weighted by Gasteiger charge is 2.24. The van der Waals surface area contributed by atoms with E-state index in [-0.39, 0.29) is 0 Å². The second-order valence-electron chi connectivity index (χ2n) is 5.74. The van der Waals surface area contributed by atoms with Gasteiger partial charge in [0.15, 0.2) is 0 Å². The van der Waals surface area contributed by atoms with E-state index in [1.165, 1.54) is 82.0 Å². The predicted octanol–water partition coefficient (Wildman–Crippen LogP) is 3.83. The number of quaternary nitrogens is 1. The maximum Gasteiger partial charge on any atom is 0.0786 e. The first-order valence-electron chi connectivity index (χ1n) is 8.52. The van der Waals surface area contributed by atoms with E-state index < -0.39 is 0 Å². The lowest BCUT2D eigenvalue weighted by Crippen LogP contribution is -2.50. The first-order chi connectivity index (χ1) is 9.66. The van der Waals surface area contributed by atoms with Crippen LogP contribution in [0.3, 0.4) is 0 Å². The lowest BCUT2D eigenvalue weighted by atomic mass is 10.1. The van der Waals surface area contributed by atoms with Crippen molar-refractivity contribution in [1.29, 1.82) is 5.26 Å². The van der Waals surface area contributed by atoms with Crippen molar-refractivity contribution >= 4 is 0 Å². The lowest BCUT2D eigenvalue weighted by Gasteiger charge is -2.39. The van der Waals surface area contributed by atoms with Gasteiger partial charge in [-0.1, -0.05) is 53.4 Å². The second-order valence-corrected chi connectivity index (χ2v) is 5.74. The van der Waals surface area contributed by atoms with E-state index in [9.17, 15) is 0 Å². The van der Waals surface area contributed by atoms with Crippen molar-refractivity contribution in [1.82, 2.24) is 0 Å². The average molecular weight is 284 g/mol. The summed E-state index contributed by atoms with van der Waals surface area (Å²) >= 11 is 0. The SMILES string of the molecule is CCCC[N+](CCCC)(CCCC)CCCC.N#C[O-]. The summed E-state index contributed by atoms with van der Waals surface area (Å²) in [7, 11) is 0. The molecule has 20 heavy (non-hydrogen) atoms. The predicted molar refractivity (Wildman–Crippen MR) is 85.0 cm³/mol.